The van der Waals surface area contributed by atoms with Gasteiger partial charge in [0, 0.05) is 19.7 Å². The molecule has 1 aromatic heterocycles. The van der Waals surface area contributed by atoms with Crippen molar-refractivity contribution < 1.29 is 4.74 Å². The summed E-state index contributed by atoms with van der Waals surface area (Å²) in [5, 5.41) is 0. The highest BCUT2D eigenvalue weighted by molar-refractivity contribution is 5.28. The fraction of sp³-hybridized carbons (Fsp3) is 0.643. The van der Waals surface area contributed by atoms with Crippen molar-refractivity contribution in [3.8, 4) is 0 Å². The number of nitrogens with zero attached hydrogens (tertiary/aromatic N) is 2. The first-order chi connectivity index (χ1) is 8.78. The number of ether oxygens (including phenoxy) is 1. The Labute approximate surface area is 109 Å². The summed E-state index contributed by atoms with van der Waals surface area (Å²) in [6.07, 6.45) is 3.87. The van der Waals surface area contributed by atoms with Gasteiger partial charge in [-0.2, -0.15) is 0 Å². The number of nitrogen functional groups attached to an aromatic ring is 1. The molecule has 0 bridgehead atoms. The summed E-state index contributed by atoms with van der Waals surface area (Å²) in [4.78, 5) is 6.76. The molecule has 100 valence electrons. The van der Waals surface area contributed by atoms with E-state index in [-0.39, 0.29) is 0 Å². The lowest BCUT2D eigenvalue weighted by Crippen LogP contribution is -2.39. The molecule has 0 aliphatic carbocycles. The highest BCUT2D eigenvalue weighted by Crippen LogP contribution is 2.16. The standard InChI is InChI=1S/C14H23N3O/c1-2-9-18-13-6-4-8-17(11-13)10-12-5-3-7-14(15)16-12/h3,5,7,13H,2,4,6,8-11H2,1H3,(H2,15,16). The van der Waals surface area contributed by atoms with Crippen molar-refractivity contribution in [3.63, 3.8) is 0 Å². The number of pyridine rings is 1. The molecule has 1 saturated heterocycles. The smallest absolute Gasteiger partial charge is 0.123 e. The molecule has 18 heavy (non-hydrogen) atoms. The number of anilines is 1. The number of likely N-dealkylation sites (tertiary alicyclic amines) is 1. The molecule has 1 aliphatic heterocycles. The molecule has 0 saturated carbocycles. The molecule has 0 aromatic carbocycles. The average molecular weight is 249 g/mol. The third-order valence-corrected chi connectivity index (χ3v) is 3.23. The van der Waals surface area contributed by atoms with Gasteiger partial charge in [0.2, 0.25) is 0 Å². The average Bonchev–Trinajstić information content (AvgIpc) is 2.37. The topological polar surface area (TPSA) is 51.4 Å². The van der Waals surface area contributed by atoms with Crippen LogP contribution in [0.3, 0.4) is 0 Å². The van der Waals surface area contributed by atoms with E-state index in [1.165, 1.54) is 12.8 Å². The SMILES string of the molecule is CCCOC1CCCN(Cc2cccc(N)n2)C1. The Hall–Kier alpha value is -1.13. The molecule has 0 radical (unpaired) electrons. The molecule has 4 heteroatoms. The Kier molecular flexibility index (Phi) is 4.96. The van der Waals surface area contributed by atoms with Gasteiger partial charge in [0.1, 0.15) is 5.82 Å². The maximum absolute atomic E-state index is 5.84. The zero-order chi connectivity index (χ0) is 12.8. The second-order valence-electron chi connectivity index (χ2n) is 4.92. The van der Waals surface area contributed by atoms with Crippen LogP contribution in [0.5, 0.6) is 0 Å². The second kappa shape index (κ2) is 6.71. The Morgan fingerprint density at radius 3 is 3.17 bits per heavy atom. The summed E-state index contributed by atoms with van der Waals surface area (Å²) in [6.45, 7) is 6.03. The highest BCUT2D eigenvalue weighted by Gasteiger charge is 2.20. The van der Waals surface area contributed by atoms with Crippen molar-refractivity contribution in [2.45, 2.75) is 38.8 Å². The fourth-order valence-corrected chi connectivity index (χ4v) is 2.39. The molecular weight excluding hydrogens is 226 g/mol. The minimum atomic E-state index is 0.389. The van der Waals surface area contributed by atoms with Crippen LogP contribution in [0.25, 0.3) is 0 Å². The van der Waals surface area contributed by atoms with Crippen molar-refractivity contribution in [3.05, 3.63) is 23.9 Å². The maximum atomic E-state index is 5.84. The van der Waals surface area contributed by atoms with E-state index in [0.717, 1.165) is 38.4 Å². The number of hydrogen-bond donors (Lipinski definition) is 1. The molecule has 1 unspecified atom stereocenters. The number of aromatic nitrogens is 1. The van der Waals surface area contributed by atoms with E-state index in [4.69, 9.17) is 10.5 Å². The summed E-state index contributed by atoms with van der Waals surface area (Å²) >= 11 is 0. The van der Waals surface area contributed by atoms with Crippen LogP contribution >= 0.6 is 0 Å². The third kappa shape index (κ3) is 3.96. The van der Waals surface area contributed by atoms with Crippen LogP contribution in [0.1, 0.15) is 31.9 Å². The second-order valence-corrected chi connectivity index (χ2v) is 4.92. The zero-order valence-electron chi connectivity index (χ0n) is 11.1. The summed E-state index contributed by atoms with van der Waals surface area (Å²) in [5.41, 5.74) is 6.75. The van der Waals surface area contributed by atoms with E-state index in [2.05, 4.69) is 16.8 Å². The Morgan fingerprint density at radius 1 is 1.50 bits per heavy atom. The predicted octanol–water partition coefficient (Wildman–Crippen LogP) is 2.05. The predicted molar refractivity (Wildman–Crippen MR) is 73.2 cm³/mol. The zero-order valence-corrected chi connectivity index (χ0v) is 11.1. The molecule has 2 N–H and O–H groups in total. The quantitative estimate of drug-likeness (QED) is 0.867. The minimum Gasteiger partial charge on any atom is -0.384 e. The van der Waals surface area contributed by atoms with E-state index in [0.29, 0.717) is 11.9 Å². The largest absolute Gasteiger partial charge is 0.384 e. The van der Waals surface area contributed by atoms with Crippen molar-refractivity contribution in [1.82, 2.24) is 9.88 Å². The number of nitrogens with two attached hydrogens (primary N) is 1. The van der Waals surface area contributed by atoms with Crippen molar-refractivity contribution in [1.29, 1.82) is 0 Å². The molecule has 0 spiro atoms. The van der Waals surface area contributed by atoms with E-state index in [9.17, 15) is 0 Å². The van der Waals surface area contributed by atoms with Gasteiger partial charge in [-0.25, -0.2) is 4.98 Å². The molecule has 1 aromatic rings. The minimum absolute atomic E-state index is 0.389. The molecule has 1 aliphatic rings. The van der Waals surface area contributed by atoms with E-state index in [1.807, 2.05) is 18.2 Å². The van der Waals surface area contributed by atoms with Gasteiger partial charge < -0.3 is 10.5 Å². The van der Waals surface area contributed by atoms with Gasteiger partial charge in [-0.15, -0.1) is 0 Å². The molecular formula is C14H23N3O. The lowest BCUT2D eigenvalue weighted by atomic mass is 10.1. The maximum Gasteiger partial charge on any atom is 0.123 e. The van der Waals surface area contributed by atoms with Crippen molar-refractivity contribution in [2.24, 2.45) is 0 Å². The summed E-state index contributed by atoms with van der Waals surface area (Å²) in [5.74, 6) is 0.600. The van der Waals surface area contributed by atoms with E-state index < -0.39 is 0 Å². The van der Waals surface area contributed by atoms with Gasteiger partial charge >= 0.3 is 0 Å². The Morgan fingerprint density at radius 2 is 2.39 bits per heavy atom. The summed E-state index contributed by atoms with van der Waals surface area (Å²) < 4.78 is 5.84. The van der Waals surface area contributed by atoms with Crippen LogP contribution in [-0.4, -0.2) is 35.7 Å². The molecule has 1 atom stereocenters. The van der Waals surface area contributed by atoms with Gasteiger partial charge in [-0.1, -0.05) is 13.0 Å². The van der Waals surface area contributed by atoms with E-state index in [1.54, 1.807) is 0 Å². The van der Waals surface area contributed by atoms with Crippen LogP contribution in [0.15, 0.2) is 18.2 Å². The normalized spacial score (nSPS) is 21.1. The van der Waals surface area contributed by atoms with Crippen LogP contribution < -0.4 is 5.73 Å². The molecule has 1 fully saturated rings. The first-order valence-corrected chi connectivity index (χ1v) is 6.83. The lowest BCUT2D eigenvalue weighted by Gasteiger charge is -2.32. The Balaban J connectivity index is 1.85. The van der Waals surface area contributed by atoms with Gasteiger partial charge in [-0.3, -0.25) is 4.90 Å². The van der Waals surface area contributed by atoms with Gasteiger partial charge in [0.25, 0.3) is 0 Å². The van der Waals surface area contributed by atoms with Gasteiger partial charge in [-0.05, 0) is 37.9 Å². The van der Waals surface area contributed by atoms with Crippen LogP contribution in [-0.2, 0) is 11.3 Å². The summed E-state index contributed by atoms with van der Waals surface area (Å²) in [7, 11) is 0. The van der Waals surface area contributed by atoms with Crippen molar-refractivity contribution >= 4 is 5.82 Å². The monoisotopic (exact) mass is 249 g/mol. The van der Waals surface area contributed by atoms with Crippen LogP contribution in [0.2, 0.25) is 0 Å². The van der Waals surface area contributed by atoms with Gasteiger partial charge in [0.15, 0.2) is 0 Å². The van der Waals surface area contributed by atoms with Crippen molar-refractivity contribution in [2.75, 3.05) is 25.4 Å². The number of rotatable bonds is 5. The molecule has 2 heterocycles. The third-order valence-electron chi connectivity index (χ3n) is 3.23. The molecule has 0 amide bonds. The van der Waals surface area contributed by atoms with E-state index >= 15 is 0 Å². The lowest BCUT2D eigenvalue weighted by molar-refractivity contribution is -0.00251. The number of hydrogen-bond acceptors (Lipinski definition) is 4. The van der Waals surface area contributed by atoms with Crippen LogP contribution in [0, 0.1) is 0 Å². The van der Waals surface area contributed by atoms with Crippen LogP contribution in [0.4, 0.5) is 5.82 Å². The molecule has 4 nitrogen and oxygen atoms in total. The summed E-state index contributed by atoms with van der Waals surface area (Å²) in [6, 6.07) is 5.83. The fourth-order valence-electron chi connectivity index (χ4n) is 2.39. The first-order valence-electron chi connectivity index (χ1n) is 6.83. The Bertz CT molecular complexity index is 370. The molecule has 2 rings (SSSR count). The first kappa shape index (κ1) is 13.3. The number of piperidine rings is 1. The highest BCUT2D eigenvalue weighted by atomic mass is 16.5. The van der Waals surface area contributed by atoms with Gasteiger partial charge in [0.05, 0.1) is 11.8 Å².